The largest absolute Gasteiger partial charge is 0.347 e. The minimum atomic E-state index is -0.632. The lowest BCUT2D eigenvalue weighted by atomic mass is 10.1. The van der Waals surface area contributed by atoms with Crippen LogP contribution in [0, 0.1) is 5.82 Å². The SMILES string of the molecule is CN(C)C(=O)C1CCCN1C(=O)c1cc(F)cnc1Cl. The Morgan fingerprint density at radius 3 is 2.85 bits per heavy atom. The van der Waals surface area contributed by atoms with Crippen molar-refractivity contribution in [2.24, 2.45) is 0 Å². The Kier molecular flexibility index (Phi) is 4.23. The van der Waals surface area contributed by atoms with E-state index in [-0.39, 0.29) is 16.6 Å². The Balaban J connectivity index is 2.28. The predicted molar refractivity (Wildman–Crippen MR) is 72.0 cm³/mol. The number of likely N-dealkylation sites (N-methyl/N-ethyl adjacent to an activating group) is 1. The topological polar surface area (TPSA) is 53.5 Å². The van der Waals surface area contributed by atoms with Crippen molar-refractivity contribution in [2.45, 2.75) is 18.9 Å². The van der Waals surface area contributed by atoms with Crippen LogP contribution < -0.4 is 0 Å². The third-order valence-corrected chi connectivity index (χ3v) is 3.58. The van der Waals surface area contributed by atoms with E-state index in [2.05, 4.69) is 4.98 Å². The van der Waals surface area contributed by atoms with Crippen LogP contribution in [0.2, 0.25) is 5.15 Å². The molecule has 0 bridgehead atoms. The van der Waals surface area contributed by atoms with Gasteiger partial charge in [0.05, 0.1) is 11.8 Å². The number of pyridine rings is 1. The van der Waals surface area contributed by atoms with Crippen LogP contribution >= 0.6 is 11.6 Å². The molecule has 0 radical (unpaired) electrons. The van der Waals surface area contributed by atoms with Gasteiger partial charge >= 0.3 is 0 Å². The van der Waals surface area contributed by atoms with Crippen molar-refractivity contribution < 1.29 is 14.0 Å². The van der Waals surface area contributed by atoms with E-state index in [1.54, 1.807) is 14.1 Å². The number of hydrogen-bond acceptors (Lipinski definition) is 3. The maximum atomic E-state index is 13.2. The van der Waals surface area contributed by atoms with E-state index >= 15 is 0 Å². The van der Waals surface area contributed by atoms with Crippen LogP contribution in [0.4, 0.5) is 4.39 Å². The summed E-state index contributed by atoms with van der Waals surface area (Å²) < 4.78 is 13.2. The second-order valence-electron chi connectivity index (χ2n) is 4.88. The van der Waals surface area contributed by atoms with Crippen LogP contribution in [-0.4, -0.2) is 53.3 Å². The first-order chi connectivity index (χ1) is 9.41. The molecule has 1 aromatic heterocycles. The molecule has 5 nitrogen and oxygen atoms in total. The second kappa shape index (κ2) is 5.75. The zero-order valence-electron chi connectivity index (χ0n) is 11.3. The summed E-state index contributed by atoms with van der Waals surface area (Å²) >= 11 is 5.84. The van der Waals surface area contributed by atoms with Gasteiger partial charge in [-0.15, -0.1) is 0 Å². The maximum Gasteiger partial charge on any atom is 0.257 e. The van der Waals surface area contributed by atoms with Crippen molar-refractivity contribution in [3.63, 3.8) is 0 Å². The van der Waals surface area contributed by atoms with Gasteiger partial charge in [-0.1, -0.05) is 11.6 Å². The fraction of sp³-hybridized carbons (Fsp3) is 0.462. The molecule has 1 aliphatic heterocycles. The molecular weight excluding hydrogens is 285 g/mol. The van der Waals surface area contributed by atoms with Gasteiger partial charge < -0.3 is 9.80 Å². The second-order valence-corrected chi connectivity index (χ2v) is 5.24. The molecule has 1 fully saturated rings. The number of likely N-dealkylation sites (tertiary alicyclic amines) is 1. The van der Waals surface area contributed by atoms with Gasteiger partial charge in [0, 0.05) is 20.6 Å². The van der Waals surface area contributed by atoms with Gasteiger partial charge in [0.2, 0.25) is 5.91 Å². The highest BCUT2D eigenvalue weighted by Crippen LogP contribution is 2.24. The zero-order chi connectivity index (χ0) is 14.9. The summed E-state index contributed by atoms with van der Waals surface area (Å²) in [5, 5.41) is -0.0562. The molecule has 0 N–H and O–H groups in total. The molecule has 7 heteroatoms. The quantitative estimate of drug-likeness (QED) is 0.779. The lowest BCUT2D eigenvalue weighted by molar-refractivity contribution is -0.132. The average molecular weight is 300 g/mol. The van der Waals surface area contributed by atoms with Gasteiger partial charge in [-0.25, -0.2) is 9.37 Å². The van der Waals surface area contributed by atoms with Gasteiger partial charge in [0.25, 0.3) is 5.91 Å². The van der Waals surface area contributed by atoms with Gasteiger partial charge in [-0.2, -0.15) is 0 Å². The van der Waals surface area contributed by atoms with Crippen molar-refractivity contribution in [2.75, 3.05) is 20.6 Å². The predicted octanol–water partition coefficient (Wildman–Crippen LogP) is 1.57. The van der Waals surface area contributed by atoms with Crippen LogP contribution in [0.3, 0.4) is 0 Å². The van der Waals surface area contributed by atoms with Crippen LogP contribution in [0.25, 0.3) is 0 Å². The normalized spacial score (nSPS) is 18.2. The number of amides is 2. The molecule has 2 heterocycles. The Morgan fingerprint density at radius 1 is 1.50 bits per heavy atom. The third kappa shape index (κ3) is 2.75. The van der Waals surface area contributed by atoms with Crippen LogP contribution in [-0.2, 0) is 4.79 Å². The summed E-state index contributed by atoms with van der Waals surface area (Å²) in [6.45, 7) is 0.454. The molecule has 1 unspecified atom stereocenters. The Labute approximate surface area is 121 Å². The zero-order valence-corrected chi connectivity index (χ0v) is 12.0. The van der Waals surface area contributed by atoms with Crippen molar-refractivity contribution in [1.29, 1.82) is 0 Å². The van der Waals surface area contributed by atoms with E-state index in [9.17, 15) is 14.0 Å². The molecule has 1 saturated heterocycles. The molecular formula is C13H15ClFN3O2. The van der Waals surface area contributed by atoms with Crippen LogP contribution in [0.1, 0.15) is 23.2 Å². The molecule has 20 heavy (non-hydrogen) atoms. The number of nitrogens with zero attached hydrogens (tertiary/aromatic N) is 3. The highest BCUT2D eigenvalue weighted by Gasteiger charge is 2.36. The van der Waals surface area contributed by atoms with Gasteiger partial charge in [0.1, 0.15) is 17.0 Å². The average Bonchev–Trinajstić information content (AvgIpc) is 2.88. The first-order valence-corrected chi connectivity index (χ1v) is 6.62. The first-order valence-electron chi connectivity index (χ1n) is 6.25. The third-order valence-electron chi connectivity index (χ3n) is 3.28. The smallest absolute Gasteiger partial charge is 0.257 e. The number of aromatic nitrogens is 1. The molecule has 2 rings (SSSR count). The minimum Gasteiger partial charge on any atom is -0.347 e. The number of rotatable bonds is 2. The summed E-state index contributed by atoms with van der Waals surface area (Å²) in [6, 6.07) is 0.532. The van der Waals surface area contributed by atoms with Crippen molar-refractivity contribution in [3.05, 3.63) is 28.8 Å². The molecule has 0 spiro atoms. The Morgan fingerprint density at radius 2 is 2.20 bits per heavy atom. The van der Waals surface area contributed by atoms with Crippen LogP contribution in [0.5, 0.6) is 0 Å². The summed E-state index contributed by atoms with van der Waals surface area (Å²) in [5.74, 6) is -1.23. The number of halogens is 2. The monoisotopic (exact) mass is 299 g/mol. The molecule has 0 aliphatic carbocycles. The molecule has 2 amide bonds. The van der Waals surface area contributed by atoms with Crippen molar-refractivity contribution in [1.82, 2.24) is 14.8 Å². The summed E-state index contributed by atoms with van der Waals surface area (Å²) in [7, 11) is 3.28. The fourth-order valence-corrected chi connectivity index (χ4v) is 2.48. The summed E-state index contributed by atoms with van der Waals surface area (Å²) in [4.78, 5) is 31.0. The molecule has 1 aliphatic rings. The van der Waals surface area contributed by atoms with Crippen molar-refractivity contribution in [3.8, 4) is 0 Å². The van der Waals surface area contributed by atoms with Gasteiger partial charge in [-0.3, -0.25) is 9.59 Å². The van der Waals surface area contributed by atoms with Crippen LogP contribution in [0.15, 0.2) is 12.3 Å². The number of carbonyl (C=O) groups is 2. The van der Waals surface area contributed by atoms with E-state index in [0.29, 0.717) is 13.0 Å². The molecule has 0 aromatic carbocycles. The summed E-state index contributed by atoms with van der Waals surface area (Å²) in [5.41, 5.74) is -0.00915. The molecule has 0 saturated carbocycles. The fourth-order valence-electron chi connectivity index (χ4n) is 2.29. The lowest BCUT2D eigenvalue weighted by Crippen LogP contribution is -2.45. The number of carbonyl (C=O) groups excluding carboxylic acids is 2. The molecule has 1 aromatic rings. The van der Waals surface area contributed by atoms with Gasteiger partial charge in [-0.05, 0) is 18.9 Å². The van der Waals surface area contributed by atoms with E-state index in [1.165, 1.54) is 9.80 Å². The van der Waals surface area contributed by atoms with E-state index < -0.39 is 17.8 Å². The van der Waals surface area contributed by atoms with Gasteiger partial charge in [0.15, 0.2) is 0 Å². The standard InChI is InChI=1S/C13H15ClFN3O2/c1-17(2)13(20)10-4-3-5-18(10)12(19)9-6-8(15)7-16-11(9)14/h6-7,10H,3-5H2,1-2H3. The Hall–Kier alpha value is -1.69. The Bertz CT molecular complexity index is 550. The maximum absolute atomic E-state index is 13.2. The van der Waals surface area contributed by atoms with E-state index in [1.807, 2.05) is 0 Å². The highest BCUT2D eigenvalue weighted by molar-refractivity contribution is 6.32. The summed E-state index contributed by atoms with van der Waals surface area (Å²) in [6.07, 6.45) is 2.28. The molecule has 1 atom stereocenters. The molecule has 108 valence electrons. The highest BCUT2D eigenvalue weighted by atomic mass is 35.5. The van der Waals surface area contributed by atoms with E-state index in [4.69, 9.17) is 11.6 Å². The number of hydrogen-bond donors (Lipinski definition) is 0. The lowest BCUT2D eigenvalue weighted by Gasteiger charge is -2.26. The first kappa shape index (κ1) is 14.7. The van der Waals surface area contributed by atoms with Crippen molar-refractivity contribution >= 4 is 23.4 Å². The minimum absolute atomic E-state index is 0.00915. The van der Waals surface area contributed by atoms with E-state index in [0.717, 1.165) is 18.7 Å².